The predicted octanol–water partition coefficient (Wildman–Crippen LogP) is 7.87. The third-order valence-electron chi connectivity index (χ3n) is 5.18. The van der Waals surface area contributed by atoms with E-state index in [9.17, 15) is 0 Å². The van der Waals surface area contributed by atoms with Crippen molar-refractivity contribution in [2.45, 2.75) is 24.7 Å². The maximum absolute atomic E-state index is 5.93. The van der Waals surface area contributed by atoms with Gasteiger partial charge >= 0.3 is 0 Å². The van der Waals surface area contributed by atoms with Crippen molar-refractivity contribution < 1.29 is 17.8 Å². The Morgan fingerprint density at radius 1 is 0.543 bits per heavy atom. The van der Waals surface area contributed by atoms with Crippen molar-refractivity contribution in [2.24, 2.45) is 0 Å². The molecule has 0 heterocycles. The third kappa shape index (κ3) is 8.28. The van der Waals surface area contributed by atoms with E-state index in [1.807, 2.05) is 78.9 Å². The van der Waals surface area contributed by atoms with Crippen molar-refractivity contribution in [2.75, 3.05) is 7.11 Å². The van der Waals surface area contributed by atoms with Gasteiger partial charge in [-0.25, -0.2) is 3.63 Å². The minimum Gasteiger partial charge on any atom is -0.493 e. The summed E-state index contributed by atoms with van der Waals surface area (Å²) >= 11 is 2.84. The van der Waals surface area contributed by atoms with Crippen LogP contribution in [0.15, 0.2) is 103 Å². The summed E-state index contributed by atoms with van der Waals surface area (Å²) in [7, 11) is 1.66. The molecule has 0 spiro atoms. The van der Waals surface area contributed by atoms with Crippen molar-refractivity contribution in [1.82, 2.24) is 0 Å². The molecule has 0 unspecified atom stereocenters. The van der Waals surface area contributed by atoms with Gasteiger partial charge in [-0.1, -0.05) is 78.9 Å². The first kappa shape index (κ1) is 25.0. The number of hydrogen-bond donors (Lipinski definition) is 0. The average molecular weight is 505 g/mol. The molecule has 0 aliphatic heterocycles. The van der Waals surface area contributed by atoms with Gasteiger partial charge in [-0.3, -0.25) is 0 Å². The molecule has 0 saturated heterocycles. The average Bonchev–Trinajstić information content (AvgIpc) is 2.92. The van der Waals surface area contributed by atoms with Crippen LogP contribution >= 0.6 is 24.1 Å². The SMILES string of the molecule is COc1cc(CSOSCc2ccc(OCc3ccccc3)cc2)ccc1OCc1ccccc1. The van der Waals surface area contributed by atoms with E-state index in [-0.39, 0.29) is 0 Å². The molecule has 0 atom stereocenters. The van der Waals surface area contributed by atoms with Gasteiger partial charge in [0.05, 0.1) is 7.11 Å². The molecule has 0 aliphatic rings. The first-order chi connectivity index (χ1) is 17.3. The fourth-order valence-corrected chi connectivity index (χ4v) is 4.60. The fourth-order valence-electron chi connectivity index (χ4n) is 3.30. The number of methoxy groups -OCH3 is 1. The molecule has 0 saturated carbocycles. The lowest BCUT2D eigenvalue weighted by Gasteiger charge is -2.12. The lowest BCUT2D eigenvalue weighted by atomic mass is 10.2. The highest BCUT2D eigenvalue weighted by Crippen LogP contribution is 2.31. The van der Waals surface area contributed by atoms with Crippen molar-refractivity contribution >= 4 is 24.1 Å². The van der Waals surface area contributed by atoms with Crippen LogP contribution in [0.5, 0.6) is 17.2 Å². The number of benzene rings is 4. The van der Waals surface area contributed by atoms with Gasteiger partial charge in [-0.05, 0) is 46.5 Å². The first-order valence-corrected chi connectivity index (χ1v) is 13.1. The molecule has 4 rings (SSSR count). The van der Waals surface area contributed by atoms with Gasteiger partial charge < -0.3 is 14.2 Å². The zero-order valence-corrected chi connectivity index (χ0v) is 21.2. The topological polar surface area (TPSA) is 36.9 Å². The molecule has 4 aromatic carbocycles. The summed E-state index contributed by atoms with van der Waals surface area (Å²) in [4.78, 5) is 0. The zero-order chi connectivity index (χ0) is 24.1. The first-order valence-electron chi connectivity index (χ1n) is 11.3. The molecule has 0 N–H and O–H groups in total. The molecule has 0 bridgehead atoms. The van der Waals surface area contributed by atoms with Crippen molar-refractivity contribution in [3.05, 3.63) is 125 Å². The quantitative estimate of drug-likeness (QED) is 0.136. The molecule has 35 heavy (non-hydrogen) atoms. The van der Waals surface area contributed by atoms with Crippen LogP contribution < -0.4 is 14.2 Å². The van der Waals surface area contributed by atoms with E-state index >= 15 is 0 Å². The molecular weight excluding hydrogens is 476 g/mol. The number of hydrogen-bond acceptors (Lipinski definition) is 6. The van der Waals surface area contributed by atoms with Crippen molar-refractivity contribution in [3.8, 4) is 17.2 Å². The summed E-state index contributed by atoms with van der Waals surface area (Å²) in [5.41, 5.74) is 4.57. The minimum absolute atomic E-state index is 0.505. The van der Waals surface area contributed by atoms with E-state index < -0.39 is 0 Å². The van der Waals surface area contributed by atoms with Gasteiger partial charge in [0.15, 0.2) is 11.5 Å². The zero-order valence-electron chi connectivity index (χ0n) is 19.6. The Balaban J connectivity index is 1.16. The Bertz CT molecular complexity index is 1150. The predicted molar refractivity (Wildman–Crippen MR) is 145 cm³/mol. The van der Waals surface area contributed by atoms with Crippen LogP contribution in [-0.2, 0) is 28.3 Å². The second-order valence-corrected chi connectivity index (χ2v) is 9.36. The second-order valence-electron chi connectivity index (χ2n) is 7.77. The Morgan fingerprint density at radius 2 is 1.11 bits per heavy atom. The molecule has 0 aromatic heterocycles. The Morgan fingerprint density at radius 3 is 1.74 bits per heavy atom. The lowest BCUT2D eigenvalue weighted by molar-refractivity contribution is 0.284. The summed E-state index contributed by atoms with van der Waals surface area (Å²) in [6.45, 7) is 1.07. The Hall–Kier alpha value is -3.06. The van der Waals surface area contributed by atoms with Crippen LogP contribution in [-0.4, -0.2) is 7.11 Å². The van der Waals surface area contributed by atoms with Crippen LogP contribution in [0, 0.1) is 0 Å². The summed E-state index contributed by atoms with van der Waals surface area (Å²) < 4.78 is 23.0. The minimum atomic E-state index is 0.505. The highest BCUT2D eigenvalue weighted by Gasteiger charge is 2.07. The maximum Gasteiger partial charge on any atom is 0.161 e. The summed E-state index contributed by atoms with van der Waals surface area (Å²) in [5, 5.41) is 0. The van der Waals surface area contributed by atoms with E-state index in [0.29, 0.717) is 19.0 Å². The third-order valence-corrected chi connectivity index (χ3v) is 6.86. The lowest BCUT2D eigenvalue weighted by Crippen LogP contribution is -1.98. The highest BCUT2D eigenvalue weighted by molar-refractivity contribution is 8.07. The summed E-state index contributed by atoms with van der Waals surface area (Å²) in [6.07, 6.45) is 0. The van der Waals surface area contributed by atoms with E-state index in [0.717, 1.165) is 39.7 Å². The normalized spacial score (nSPS) is 10.7. The van der Waals surface area contributed by atoms with Gasteiger partial charge in [-0.2, -0.15) is 0 Å². The Kier molecular flexibility index (Phi) is 9.83. The molecular formula is C29H28O4S2. The summed E-state index contributed by atoms with van der Waals surface area (Å²) in [6, 6.07) is 34.4. The molecule has 6 heteroatoms. The number of rotatable bonds is 13. The maximum atomic E-state index is 5.93. The molecule has 4 nitrogen and oxygen atoms in total. The van der Waals surface area contributed by atoms with E-state index in [2.05, 4.69) is 24.3 Å². The van der Waals surface area contributed by atoms with E-state index in [1.165, 1.54) is 29.6 Å². The van der Waals surface area contributed by atoms with Gasteiger partial charge in [-0.15, -0.1) is 0 Å². The standard InChI is InChI=1S/C29H28O4S2/c1-30-29-18-26(14-17-28(29)32-20-24-10-6-3-7-11-24)22-35-33-34-21-25-12-15-27(16-13-25)31-19-23-8-4-2-5-9-23/h2-18H,19-22H2,1H3. The van der Waals surface area contributed by atoms with Crippen LogP contribution in [0.2, 0.25) is 0 Å². The van der Waals surface area contributed by atoms with Crippen LogP contribution in [0.3, 0.4) is 0 Å². The molecule has 0 radical (unpaired) electrons. The van der Waals surface area contributed by atoms with Crippen LogP contribution in [0.25, 0.3) is 0 Å². The largest absolute Gasteiger partial charge is 0.493 e. The number of ether oxygens (including phenoxy) is 3. The molecule has 0 aliphatic carbocycles. The van der Waals surface area contributed by atoms with E-state index in [4.69, 9.17) is 17.8 Å². The van der Waals surface area contributed by atoms with Crippen LogP contribution in [0.4, 0.5) is 0 Å². The van der Waals surface area contributed by atoms with Gasteiger partial charge in [0, 0.05) is 35.6 Å². The second kappa shape index (κ2) is 13.7. The molecule has 0 fully saturated rings. The molecule has 4 aromatic rings. The van der Waals surface area contributed by atoms with Crippen molar-refractivity contribution in [1.29, 1.82) is 0 Å². The van der Waals surface area contributed by atoms with Gasteiger partial charge in [0.25, 0.3) is 0 Å². The fraction of sp³-hybridized carbons (Fsp3) is 0.172. The summed E-state index contributed by atoms with van der Waals surface area (Å²) in [5.74, 6) is 3.80. The monoisotopic (exact) mass is 504 g/mol. The van der Waals surface area contributed by atoms with Crippen molar-refractivity contribution in [3.63, 3.8) is 0 Å². The van der Waals surface area contributed by atoms with Gasteiger partial charge in [0.1, 0.15) is 19.0 Å². The smallest absolute Gasteiger partial charge is 0.161 e. The Labute approximate surface area is 216 Å². The highest BCUT2D eigenvalue weighted by atomic mass is 32.2. The molecule has 0 amide bonds. The van der Waals surface area contributed by atoms with Crippen LogP contribution in [0.1, 0.15) is 22.3 Å². The van der Waals surface area contributed by atoms with E-state index in [1.54, 1.807) is 7.11 Å². The molecule has 180 valence electrons. The van der Waals surface area contributed by atoms with Gasteiger partial charge in [0.2, 0.25) is 0 Å².